The summed E-state index contributed by atoms with van der Waals surface area (Å²) in [6.07, 6.45) is 0. The van der Waals surface area contributed by atoms with Gasteiger partial charge < -0.3 is 16.0 Å². The van der Waals surface area contributed by atoms with Crippen LogP contribution in [0.4, 0.5) is 23.1 Å². The molecule has 6 heteroatoms. The minimum absolute atomic E-state index is 0.0922. The van der Waals surface area contributed by atoms with Crippen LogP contribution in [0.5, 0.6) is 0 Å². The van der Waals surface area contributed by atoms with Crippen molar-refractivity contribution in [2.24, 2.45) is 0 Å². The van der Waals surface area contributed by atoms with Crippen molar-refractivity contribution in [2.45, 2.75) is 26.8 Å². The van der Waals surface area contributed by atoms with Crippen LogP contribution in [0.2, 0.25) is 0 Å². The van der Waals surface area contributed by atoms with Crippen LogP contribution in [0.3, 0.4) is 0 Å². The topological polar surface area (TPSA) is 78.9 Å². The third kappa shape index (κ3) is 5.28. The first-order chi connectivity index (χ1) is 13.0. The molecule has 0 saturated heterocycles. The number of rotatable bonds is 6. The third-order valence-electron chi connectivity index (χ3n) is 3.98. The number of carbonyl (C=O) groups is 1. The van der Waals surface area contributed by atoms with Gasteiger partial charge in [-0.25, -0.2) is 4.98 Å². The monoisotopic (exact) mass is 361 g/mol. The highest BCUT2D eigenvalue weighted by Crippen LogP contribution is 2.21. The number of aromatic nitrogens is 2. The van der Waals surface area contributed by atoms with Gasteiger partial charge in [0.25, 0.3) is 0 Å². The lowest BCUT2D eigenvalue weighted by molar-refractivity contribution is -0.114. The Kier molecular flexibility index (Phi) is 5.66. The summed E-state index contributed by atoms with van der Waals surface area (Å²) in [5.74, 6) is 1.19. The van der Waals surface area contributed by atoms with E-state index in [1.807, 2.05) is 55.5 Å². The fourth-order valence-electron chi connectivity index (χ4n) is 2.70. The standard InChI is InChI=1S/C21H23N5O/c1-14-13-20(25-19-11-9-18(10-12-19)24-16(3)27)26-21(22-14)23-15(2)17-7-5-4-6-8-17/h4-13,15H,1-3H3,(H,24,27)(H2,22,23,25,26). The van der Waals surface area contributed by atoms with E-state index in [4.69, 9.17) is 0 Å². The summed E-state index contributed by atoms with van der Waals surface area (Å²) >= 11 is 0. The lowest BCUT2D eigenvalue weighted by atomic mass is 10.1. The number of amides is 1. The zero-order valence-electron chi connectivity index (χ0n) is 15.7. The molecule has 0 fully saturated rings. The largest absolute Gasteiger partial charge is 0.348 e. The molecule has 0 bridgehead atoms. The van der Waals surface area contributed by atoms with Crippen molar-refractivity contribution in [1.29, 1.82) is 0 Å². The lowest BCUT2D eigenvalue weighted by Crippen LogP contribution is -2.10. The van der Waals surface area contributed by atoms with E-state index in [1.54, 1.807) is 0 Å². The summed E-state index contributed by atoms with van der Waals surface area (Å²) in [7, 11) is 0. The average Bonchev–Trinajstić information content (AvgIpc) is 2.63. The van der Waals surface area contributed by atoms with Crippen molar-refractivity contribution in [1.82, 2.24) is 9.97 Å². The number of hydrogen-bond donors (Lipinski definition) is 3. The molecule has 0 radical (unpaired) electrons. The van der Waals surface area contributed by atoms with Crippen LogP contribution < -0.4 is 16.0 Å². The molecule has 1 atom stereocenters. The Balaban J connectivity index is 1.72. The normalized spacial score (nSPS) is 11.5. The Hall–Kier alpha value is -3.41. The van der Waals surface area contributed by atoms with Crippen LogP contribution in [-0.4, -0.2) is 15.9 Å². The molecule has 3 aromatic rings. The SMILES string of the molecule is CC(=O)Nc1ccc(Nc2cc(C)nc(NC(C)c3ccccc3)n2)cc1. The summed E-state index contributed by atoms with van der Waals surface area (Å²) in [6.45, 7) is 5.50. The number of hydrogen-bond acceptors (Lipinski definition) is 5. The molecule has 0 saturated carbocycles. The van der Waals surface area contributed by atoms with Gasteiger partial charge in [-0.3, -0.25) is 4.79 Å². The van der Waals surface area contributed by atoms with Gasteiger partial charge in [0.05, 0.1) is 6.04 Å². The fraction of sp³-hybridized carbons (Fsp3) is 0.190. The molecule has 0 aliphatic carbocycles. The maximum Gasteiger partial charge on any atom is 0.225 e. The van der Waals surface area contributed by atoms with Crippen molar-refractivity contribution < 1.29 is 4.79 Å². The van der Waals surface area contributed by atoms with E-state index >= 15 is 0 Å². The first-order valence-electron chi connectivity index (χ1n) is 8.81. The molecule has 0 aliphatic rings. The molecular formula is C21H23N5O. The lowest BCUT2D eigenvalue weighted by Gasteiger charge is -2.15. The van der Waals surface area contributed by atoms with Crippen molar-refractivity contribution in [2.75, 3.05) is 16.0 Å². The molecule has 1 heterocycles. The van der Waals surface area contributed by atoms with E-state index in [1.165, 1.54) is 12.5 Å². The average molecular weight is 361 g/mol. The predicted molar refractivity (Wildman–Crippen MR) is 109 cm³/mol. The van der Waals surface area contributed by atoms with Crippen LogP contribution in [-0.2, 0) is 4.79 Å². The van der Waals surface area contributed by atoms with Crippen LogP contribution >= 0.6 is 0 Å². The van der Waals surface area contributed by atoms with E-state index in [0.29, 0.717) is 11.8 Å². The Bertz CT molecular complexity index is 910. The highest BCUT2D eigenvalue weighted by atomic mass is 16.1. The molecule has 1 unspecified atom stereocenters. The first-order valence-corrected chi connectivity index (χ1v) is 8.81. The van der Waals surface area contributed by atoms with Gasteiger partial charge in [0.15, 0.2) is 0 Å². The van der Waals surface area contributed by atoms with E-state index in [-0.39, 0.29) is 11.9 Å². The molecule has 138 valence electrons. The Labute approximate surface area is 159 Å². The van der Waals surface area contributed by atoms with Gasteiger partial charge in [-0.1, -0.05) is 30.3 Å². The quantitative estimate of drug-likeness (QED) is 0.595. The molecule has 3 N–H and O–H groups in total. The van der Waals surface area contributed by atoms with Gasteiger partial charge >= 0.3 is 0 Å². The van der Waals surface area contributed by atoms with Gasteiger partial charge in [0, 0.05) is 30.1 Å². The van der Waals surface area contributed by atoms with Gasteiger partial charge in [-0.05, 0) is 43.7 Å². The summed E-state index contributed by atoms with van der Waals surface area (Å²) in [4.78, 5) is 20.1. The van der Waals surface area contributed by atoms with Crippen molar-refractivity contribution in [3.63, 3.8) is 0 Å². The Morgan fingerprint density at radius 1 is 0.963 bits per heavy atom. The van der Waals surface area contributed by atoms with Gasteiger partial charge in [0.2, 0.25) is 11.9 Å². The van der Waals surface area contributed by atoms with Crippen LogP contribution in [0, 0.1) is 6.92 Å². The van der Waals surface area contributed by atoms with Crippen LogP contribution in [0.1, 0.15) is 31.1 Å². The Morgan fingerprint density at radius 2 is 1.63 bits per heavy atom. The van der Waals surface area contributed by atoms with Crippen LogP contribution in [0.25, 0.3) is 0 Å². The second-order valence-electron chi connectivity index (χ2n) is 6.38. The molecule has 2 aromatic carbocycles. The molecule has 1 aromatic heterocycles. The van der Waals surface area contributed by atoms with E-state index in [2.05, 4.69) is 45.0 Å². The molecule has 1 amide bonds. The van der Waals surface area contributed by atoms with E-state index < -0.39 is 0 Å². The summed E-state index contributed by atoms with van der Waals surface area (Å²) in [5.41, 5.74) is 3.67. The second-order valence-corrected chi connectivity index (χ2v) is 6.38. The smallest absolute Gasteiger partial charge is 0.225 e. The van der Waals surface area contributed by atoms with Crippen LogP contribution in [0.15, 0.2) is 60.7 Å². The third-order valence-corrected chi connectivity index (χ3v) is 3.98. The molecule has 6 nitrogen and oxygen atoms in total. The summed E-state index contributed by atoms with van der Waals surface area (Å²) < 4.78 is 0. The zero-order chi connectivity index (χ0) is 19.2. The van der Waals surface area contributed by atoms with E-state index in [0.717, 1.165) is 17.1 Å². The van der Waals surface area contributed by atoms with Gasteiger partial charge in [-0.2, -0.15) is 4.98 Å². The number of carbonyl (C=O) groups excluding carboxylic acids is 1. The minimum atomic E-state index is -0.0922. The molecule has 27 heavy (non-hydrogen) atoms. The number of anilines is 4. The Morgan fingerprint density at radius 3 is 2.30 bits per heavy atom. The highest BCUT2D eigenvalue weighted by molar-refractivity contribution is 5.88. The highest BCUT2D eigenvalue weighted by Gasteiger charge is 2.08. The number of nitrogens with zero attached hydrogens (tertiary/aromatic N) is 2. The molecule has 3 rings (SSSR count). The van der Waals surface area contributed by atoms with Crippen molar-refractivity contribution >= 4 is 29.0 Å². The molecular weight excluding hydrogens is 338 g/mol. The van der Waals surface area contributed by atoms with Crippen molar-refractivity contribution in [3.8, 4) is 0 Å². The number of nitrogens with one attached hydrogen (secondary N) is 3. The van der Waals surface area contributed by atoms with Gasteiger partial charge in [0.1, 0.15) is 5.82 Å². The fourth-order valence-corrected chi connectivity index (χ4v) is 2.70. The first kappa shape index (κ1) is 18.4. The minimum Gasteiger partial charge on any atom is -0.348 e. The van der Waals surface area contributed by atoms with E-state index in [9.17, 15) is 4.79 Å². The van der Waals surface area contributed by atoms with Gasteiger partial charge in [-0.15, -0.1) is 0 Å². The second kappa shape index (κ2) is 8.31. The number of aryl methyl sites for hydroxylation is 1. The molecule has 0 spiro atoms. The summed E-state index contributed by atoms with van der Waals surface area (Å²) in [6, 6.07) is 19.6. The molecule has 0 aliphatic heterocycles. The summed E-state index contributed by atoms with van der Waals surface area (Å²) in [5, 5.41) is 9.37. The predicted octanol–water partition coefficient (Wildman–Crippen LogP) is 4.66. The zero-order valence-corrected chi connectivity index (χ0v) is 15.7. The number of benzene rings is 2. The maximum absolute atomic E-state index is 11.1. The van der Waals surface area contributed by atoms with Crippen molar-refractivity contribution in [3.05, 3.63) is 71.9 Å². The maximum atomic E-state index is 11.1.